The molecule has 1 heterocycles. The van der Waals surface area contributed by atoms with Crippen molar-refractivity contribution in [2.45, 2.75) is 106 Å². The number of carboxylic acids is 1. The van der Waals surface area contributed by atoms with Crippen molar-refractivity contribution in [3.8, 4) is 0 Å². The summed E-state index contributed by atoms with van der Waals surface area (Å²) in [6.07, 6.45) is 4.50. The number of amides is 2. The lowest BCUT2D eigenvalue weighted by molar-refractivity contribution is -0.142. The molecule has 4 unspecified atom stereocenters. The highest BCUT2D eigenvalue weighted by atomic mass is 16.4. The fourth-order valence-corrected chi connectivity index (χ4v) is 4.42. The van der Waals surface area contributed by atoms with Crippen LogP contribution in [0.5, 0.6) is 0 Å². The van der Waals surface area contributed by atoms with Gasteiger partial charge in [0.1, 0.15) is 6.04 Å². The van der Waals surface area contributed by atoms with Crippen LogP contribution in [0.4, 0.5) is 0 Å². The zero-order valence-corrected chi connectivity index (χ0v) is 22.4. The van der Waals surface area contributed by atoms with E-state index in [1.54, 1.807) is 18.0 Å². The molecule has 0 bridgehead atoms. The molecule has 2 N–H and O–H groups in total. The zero-order valence-electron chi connectivity index (χ0n) is 22.4. The van der Waals surface area contributed by atoms with Gasteiger partial charge in [-0.3, -0.25) is 14.5 Å². The fourth-order valence-electron chi connectivity index (χ4n) is 4.42. The Morgan fingerprint density at radius 1 is 1.06 bits per heavy atom. The third-order valence-electron chi connectivity index (χ3n) is 6.97. The van der Waals surface area contributed by atoms with E-state index in [1.807, 2.05) is 34.6 Å². The molecule has 1 aliphatic rings. The average molecular weight is 466 g/mol. The molecular weight excluding hydrogens is 418 g/mol. The number of carbonyl (C=O) groups is 3. The number of hydrogen-bond donors (Lipinski definition) is 2. The van der Waals surface area contributed by atoms with E-state index < -0.39 is 17.4 Å². The van der Waals surface area contributed by atoms with Crippen LogP contribution in [0.25, 0.3) is 0 Å². The molecule has 0 aromatic heterocycles. The van der Waals surface area contributed by atoms with E-state index >= 15 is 0 Å². The van der Waals surface area contributed by atoms with Crippen LogP contribution in [-0.4, -0.2) is 70.4 Å². The van der Waals surface area contributed by atoms with Gasteiger partial charge in [0, 0.05) is 18.7 Å². The first kappa shape index (κ1) is 29.1. The Morgan fingerprint density at radius 3 is 2.09 bits per heavy atom. The minimum absolute atomic E-state index is 0.0188. The van der Waals surface area contributed by atoms with E-state index in [1.165, 1.54) is 6.92 Å². The van der Waals surface area contributed by atoms with Gasteiger partial charge >= 0.3 is 5.97 Å². The summed E-state index contributed by atoms with van der Waals surface area (Å²) < 4.78 is 0. The summed E-state index contributed by atoms with van der Waals surface area (Å²) in [4.78, 5) is 42.4. The summed E-state index contributed by atoms with van der Waals surface area (Å²) in [5.41, 5.74) is -0.303. The second kappa shape index (κ2) is 12.0. The van der Waals surface area contributed by atoms with Crippen LogP contribution in [0, 0.1) is 17.3 Å². The standard InChI is InChI=1S/C26H47N3O4/c1-16(2)19(6)29-14-12-11-13-20(29)23(30)27-22(26(7,8)9)24(31)28(10)21(17(3)4)15-18(5)25(32)33/h15-17,19-22H,11-14H2,1-10H3,(H,27,30)(H,32,33)/b18-15+. The number of carboxylic acid groups (broad SMARTS) is 1. The number of carbonyl (C=O) groups excluding carboxylic acids is 2. The van der Waals surface area contributed by atoms with E-state index in [0.29, 0.717) is 5.92 Å². The van der Waals surface area contributed by atoms with E-state index in [4.69, 9.17) is 0 Å². The molecule has 0 aliphatic carbocycles. The van der Waals surface area contributed by atoms with Gasteiger partial charge in [-0.1, -0.05) is 61.0 Å². The quantitative estimate of drug-likeness (QED) is 0.504. The van der Waals surface area contributed by atoms with Gasteiger partial charge in [0.05, 0.1) is 12.1 Å². The number of piperidine rings is 1. The fraction of sp³-hybridized carbons (Fsp3) is 0.808. The van der Waals surface area contributed by atoms with Crippen LogP contribution in [0.3, 0.4) is 0 Å². The Kier molecular flexibility index (Phi) is 10.6. The van der Waals surface area contributed by atoms with Crippen molar-refractivity contribution in [2.24, 2.45) is 17.3 Å². The number of likely N-dealkylation sites (N-methyl/N-ethyl adjacent to an activating group) is 1. The molecule has 0 saturated carbocycles. The molecule has 7 nitrogen and oxygen atoms in total. The number of nitrogens with zero attached hydrogens (tertiary/aromatic N) is 2. The van der Waals surface area contributed by atoms with Gasteiger partial charge in [0.25, 0.3) is 0 Å². The number of likely N-dealkylation sites (tertiary alicyclic amines) is 1. The molecular formula is C26H47N3O4. The molecule has 0 aromatic carbocycles. The van der Waals surface area contributed by atoms with Crippen molar-refractivity contribution < 1.29 is 19.5 Å². The van der Waals surface area contributed by atoms with Crippen molar-refractivity contribution in [3.05, 3.63) is 11.6 Å². The summed E-state index contributed by atoms with van der Waals surface area (Å²) in [5.74, 6) is -0.852. The van der Waals surface area contributed by atoms with Gasteiger partial charge in [0.15, 0.2) is 0 Å². The van der Waals surface area contributed by atoms with Crippen LogP contribution < -0.4 is 5.32 Å². The number of hydrogen-bond acceptors (Lipinski definition) is 4. The molecule has 4 atom stereocenters. The first-order chi connectivity index (χ1) is 15.1. The highest BCUT2D eigenvalue weighted by Crippen LogP contribution is 2.27. The topological polar surface area (TPSA) is 90.0 Å². The largest absolute Gasteiger partial charge is 0.478 e. The summed E-state index contributed by atoms with van der Waals surface area (Å²) in [6.45, 7) is 18.7. The van der Waals surface area contributed by atoms with E-state index in [2.05, 4.69) is 31.0 Å². The maximum atomic E-state index is 13.6. The molecule has 0 aromatic rings. The lowest BCUT2D eigenvalue weighted by Crippen LogP contribution is -2.61. The average Bonchev–Trinajstić information content (AvgIpc) is 2.72. The number of aliphatic carboxylic acids is 1. The molecule has 0 radical (unpaired) electrons. The van der Waals surface area contributed by atoms with Crippen molar-refractivity contribution in [1.82, 2.24) is 15.1 Å². The normalized spacial score (nSPS) is 21.0. The first-order valence-electron chi connectivity index (χ1n) is 12.3. The number of rotatable bonds is 9. The van der Waals surface area contributed by atoms with Crippen molar-refractivity contribution in [2.75, 3.05) is 13.6 Å². The van der Waals surface area contributed by atoms with Crippen LogP contribution >= 0.6 is 0 Å². The highest BCUT2D eigenvalue weighted by molar-refractivity contribution is 5.91. The Labute approximate surface area is 201 Å². The molecule has 33 heavy (non-hydrogen) atoms. The monoisotopic (exact) mass is 465 g/mol. The molecule has 1 fully saturated rings. The number of nitrogens with one attached hydrogen (secondary N) is 1. The molecule has 1 rings (SSSR count). The molecule has 0 spiro atoms. The molecule has 1 saturated heterocycles. The van der Waals surface area contributed by atoms with Gasteiger partial charge in [-0.05, 0) is 50.5 Å². The summed E-state index contributed by atoms with van der Waals surface area (Å²) in [7, 11) is 1.69. The Balaban J connectivity index is 3.18. The summed E-state index contributed by atoms with van der Waals surface area (Å²) >= 11 is 0. The van der Waals surface area contributed by atoms with Gasteiger partial charge < -0.3 is 15.3 Å². The maximum absolute atomic E-state index is 13.6. The van der Waals surface area contributed by atoms with Crippen LogP contribution in [0.1, 0.15) is 81.6 Å². The van der Waals surface area contributed by atoms with E-state index in [9.17, 15) is 19.5 Å². The molecule has 2 amide bonds. The van der Waals surface area contributed by atoms with Gasteiger partial charge in [0.2, 0.25) is 11.8 Å². The van der Waals surface area contributed by atoms with E-state index in [0.717, 1.165) is 25.8 Å². The lowest BCUT2D eigenvalue weighted by Gasteiger charge is -2.42. The zero-order chi connectivity index (χ0) is 25.7. The third kappa shape index (κ3) is 7.83. The minimum Gasteiger partial charge on any atom is -0.478 e. The van der Waals surface area contributed by atoms with Crippen LogP contribution in [0.2, 0.25) is 0 Å². The van der Waals surface area contributed by atoms with Crippen molar-refractivity contribution in [3.63, 3.8) is 0 Å². The second-order valence-electron chi connectivity index (χ2n) is 11.4. The van der Waals surface area contributed by atoms with Gasteiger partial charge in [-0.15, -0.1) is 0 Å². The summed E-state index contributed by atoms with van der Waals surface area (Å²) in [5, 5.41) is 12.4. The molecule has 7 heteroatoms. The molecule has 1 aliphatic heterocycles. The minimum atomic E-state index is -1.00. The van der Waals surface area contributed by atoms with Gasteiger partial charge in [-0.2, -0.15) is 0 Å². The predicted octanol–water partition coefficient (Wildman–Crippen LogP) is 3.93. The van der Waals surface area contributed by atoms with Crippen LogP contribution in [-0.2, 0) is 14.4 Å². The molecule has 190 valence electrons. The second-order valence-corrected chi connectivity index (χ2v) is 11.4. The van der Waals surface area contributed by atoms with Crippen molar-refractivity contribution >= 4 is 17.8 Å². The summed E-state index contributed by atoms with van der Waals surface area (Å²) in [6, 6.07) is -1.06. The predicted molar refractivity (Wildman–Crippen MR) is 133 cm³/mol. The van der Waals surface area contributed by atoms with Crippen LogP contribution in [0.15, 0.2) is 11.6 Å². The Morgan fingerprint density at radius 2 is 1.64 bits per heavy atom. The maximum Gasteiger partial charge on any atom is 0.331 e. The SMILES string of the molecule is C/C(=C\C(C(C)C)N(C)C(=O)C(NC(=O)C1CCCCN1C(C)C(C)C)C(C)(C)C)C(=O)O. The Bertz CT molecular complexity index is 724. The van der Waals surface area contributed by atoms with Gasteiger partial charge in [-0.25, -0.2) is 4.79 Å². The smallest absolute Gasteiger partial charge is 0.331 e. The third-order valence-corrected chi connectivity index (χ3v) is 6.97. The lowest BCUT2D eigenvalue weighted by atomic mass is 9.84. The first-order valence-corrected chi connectivity index (χ1v) is 12.3. The van der Waals surface area contributed by atoms with E-state index in [-0.39, 0.29) is 41.4 Å². The Hall–Kier alpha value is -1.89. The highest BCUT2D eigenvalue weighted by Gasteiger charge is 2.40. The van der Waals surface area contributed by atoms with Crippen molar-refractivity contribution in [1.29, 1.82) is 0 Å².